The lowest BCUT2D eigenvalue weighted by atomic mass is 9.63. The quantitative estimate of drug-likeness (QED) is 0.0894. The van der Waals surface area contributed by atoms with E-state index in [9.17, 15) is 19.5 Å². The van der Waals surface area contributed by atoms with E-state index in [1.54, 1.807) is 6.92 Å². The molecule has 8 atom stereocenters. The third-order valence-corrected chi connectivity index (χ3v) is 12.3. The summed E-state index contributed by atoms with van der Waals surface area (Å²) in [6.07, 6.45) is 24.2. The largest absolute Gasteiger partial charge is 0.463 e. The number of fused-ring (bicyclic) bond motifs is 2. The minimum Gasteiger partial charge on any atom is -0.463 e. The van der Waals surface area contributed by atoms with Crippen molar-refractivity contribution >= 4 is 17.9 Å². The molecular weight excluding hydrogens is 616 g/mol. The summed E-state index contributed by atoms with van der Waals surface area (Å²) in [5.41, 5.74) is 2.57. The zero-order chi connectivity index (χ0) is 36.4. The lowest BCUT2D eigenvalue weighted by Crippen LogP contribution is -2.41. The average molecular weight is 683 g/mol. The molecule has 0 aromatic carbocycles. The smallest absolute Gasteiger partial charge is 0.330 e. The summed E-state index contributed by atoms with van der Waals surface area (Å²) in [6, 6.07) is 0. The van der Waals surface area contributed by atoms with E-state index in [1.807, 2.05) is 26.0 Å². The number of rotatable bonds is 13. The van der Waals surface area contributed by atoms with E-state index >= 15 is 0 Å². The second-order valence-corrected chi connectivity index (χ2v) is 15.6. The van der Waals surface area contributed by atoms with Gasteiger partial charge in [0.05, 0.1) is 12.2 Å². The van der Waals surface area contributed by atoms with Gasteiger partial charge >= 0.3 is 17.9 Å². The Balaban J connectivity index is 0.000000266. The minimum absolute atomic E-state index is 0.0391. The third kappa shape index (κ3) is 10.2. The Bertz CT molecular complexity index is 1260. The van der Waals surface area contributed by atoms with Gasteiger partial charge in [-0.25, -0.2) is 4.79 Å². The Labute approximate surface area is 297 Å². The summed E-state index contributed by atoms with van der Waals surface area (Å²) in [4.78, 5) is 34.2. The molecule has 49 heavy (non-hydrogen) atoms. The molecule has 0 heterocycles. The molecule has 0 saturated heterocycles. The number of hydrogen-bond acceptors (Lipinski definition) is 7. The molecule has 4 aliphatic carbocycles. The van der Waals surface area contributed by atoms with Gasteiger partial charge in [0.2, 0.25) is 0 Å². The first kappa shape index (κ1) is 40.8. The molecule has 0 amide bonds. The van der Waals surface area contributed by atoms with E-state index in [2.05, 4.69) is 45.9 Å². The Morgan fingerprint density at radius 3 is 1.69 bits per heavy atom. The van der Waals surface area contributed by atoms with Crippen molar-refractivity contribution in [2.45, 2.75) is 157 Å². The predicted molar refractivity (Wildman–Crippen MR) is 195 cm³/mol. The molecule has 0 bridgehead atoms. The van der Waals surface area contributed by atoms with Crippen LogP contribution in [0.5, 0.6) is 0 Å². The van der Waals surface area contributed by atoms with Gasteiger partial charge in [-0.05, 0) is 107 Å². The molecular formula is C42H66O7. The first-order chi connectivity index (χ1) is 23.1. The van der Waals surface area contributed by atoms with Crippen LogP contribution in [0.4, 0.5) is 0 Å². The maximum atomic E-state index is 11.4. The van der Waals surface area contributed by atoms with Crippen molar-refractivity contribution in [1.29, 1.82) is 0 Å². The highest BCUT2D eigenvalue weighted by Gasteiger charge is 2.50. The maximum absolute atomic E-state index is 11.4. The summed E-state index contributed by atoms with van der Waals surface area (Å²) in [7, 11) is 0. The molecule has 2 saturated carbocycles. The number of allylic oxidation sites excluding steroid dienone is 6. The Kier molecular flexibility index (Phi) is 15.0. The molecule has 0 aliphatic heterocycles. The minimum atomic E-state index is -0.665. The fourth-order valence-corrected chi connectivity index (χ4v) is 9.48. The second kappa shape index (κ2) is 18.0. The van der Waals surface area contributed by atoms with Gasteiger partial charge in [0, 0.05) is 31.8 Å². The lowest BCUT2D eigenvalue weighted by Gasteiger charge is -2.44. The average Bonchev–Trinajstić information content (AvgIpc) is 3.58. The molecule has 7 heteroatoms. The fraction of sp³-hybridized carbons (Fsp3) is 0.738. The lowest BCUT2D eigenvalue weighted by molar-refractivity contribution is -0.154. The second-order valence-electron chi connectivity index (χ2n) is 15.6. The first-order valence-corrected chi connectivity index (χ1v) is 19.1. The highest BCUT2D eigenvalue weighted by molar-refractivity contribution is 5.81. The summed E-state index contributed by atoms with van der Waals surface area (Å²) < 4.78 is 16.1. The van der Waals surface area contributed by atoms with Crippen molar-refractivity contribution < 1.29 is 33.7 Å². The topological polar surface area (TPSA) is 99.1 Å². The van der Waals surface area contributed by atoms with Crippen LogP contribution in [0.3, 0.4) is 0 Å². The van der Waals surface area contributed by atoms with Crippen molar-refractivity contribution in [2.75, 3.05) is 6.61 Å². The molecule has 0 aromatic rings. The van der Waals surface area contributed by atoms with Crippen LogP contribution < -0.4 is 0 Å². The zero-order valence-corrected chi connectivity index (χ0v) is 32.0. The SMILES string of the molecule is CCC(O)(/C=C/C[C@H](C)C1=CCC2[C@@H](OC(C)=O)CCC[C@]12C)CC.CCOC(=O)/C=C/C[C@H](C)C1=CCC2[C@@H](OC(C)=O)CCC[C@]12C. The number of hydrogen-bond donors (Lipinski definition) is 1. The molecule has 0 radical (unpaired) electrons. The summed E-state index contributed by atoms with van der Waals surface area (Å²) in [5.74, 6) is 1.04. The van der Waals surface area contributed by atoms with Crippen LogP contribution in [-0.2, 0) is 28.6 Å². The van der Waals surface area contributed by atoms with Gasteiger partial charge in [-0.3, -0.25) is 9.59 Å². The van der Waals surface area contributed by atoms with Gasteiger partial charge in [-0.15, -0.1) is 0 Å². The van der Waals surface area contributed by atoms with Crippen molar-refractivity contribution in [3.8, 4) is 0 Å². The highest BCUT2D eigenvalue weighted by Crippen LogP contribution is 2.57. The molecule has 7 nitrogen and oxygen atoms in total. The summed E-state index contributed by atoms with van der Waals surface area (Å²) >= 11 is 0. The van der Waals surface area contributed by atoms with E-state index in [4.69, 9.17) is 14.2 Å². The number of ether oxygens (including phenoxy) is 3. The Morgan fingerprint density at radius 1 is 0.837 bits per heavy atom. The van der Waals surface area contributed by atoms with Crippen LogP contribution in [-0.4, -0.2) is 47.4 Å². The summed E-state index contributed by atoms with van der Waals surface area (Å²) in [6.45, 7) is 18.5. The van der Waals surface area contributed by atoms with Crippen LogP contribution >= 0.6 is 0 Å². The number of carbonyl (C=O) groups is 3. The first-order valence-electron chi connectivity index (χ1n) is 19.1. The van der Waals surface area contributed by atoms with Gasteiger partial charge in [0.15, 0.2) is 0 Å². The van der Waals surface area contributed by atoms with E-state index in [0.717, 1.165) is 70.6 Å². The Morgan fingerprint density at radius 2 is 1.29 bits per heavy atom. The number of esters is 3. The van der Waals surface area contributed by atoms with E-state index in [1.165, 1.54) is 37.5 Å². The molecule has 4 aliphatic rings. The number of carbonyl (C=O) groups excluding carboxylic acids is 3. The molecule has 2 fully saturated rings. The third-order valence-electron chi connectivity index (χ3n) is 12.3. The number of aliphatic hydroxyl groups is 1. The van der Waals surface area contributed by atoms with Crippen molar-refractivity contribution in [3.63, 3.8) is 0 Å². The maximum Gasteiger partial charge on any atom is 0.330 e. The van der Waals surface area contributed by atoms with E-state index in [0.29, 0.717) is 30.3 Å². The molecule has 2 unspecified atom stereocenters. The standard InChI is InChI=1S/C22H36O3.C20H30O4/c1-6-22(24,7-2)15-8-10-16(3)18-12-13-19-20(25-17(4)23)11-9-14-21(18,19)5;1-5-23-19(22)10-6-8-14(2)16-11-12-17-18(24-15(3)21)9-7-13-20(16,17)4/h8,12,15-16,19-20,24H,6-7,9-11,13-14H2,1-5H3;6,10-11,14,17-18H,5,7-9,12-13H2,1-4H3/b15-8+;10-6+/t16-,19?,20-,21+;14-,17?,18-,20+/m00/s1. The monoisotopic (exact) mass is 682 g/mol. The molecule has 0 spiro atoms. The summed E-state index contributed by atoms with van der Waals surface area (Å²) in [5, 5.41) is 10.4. The zero-order valence-electron chi connectivity index (χ0n) is 32.0. The van der Waals surface area contributed by atoms with Crippen LogP contribution in [0.25, 0.3) is 0 Å². The van der Waals surface area contributed by atoms with Gasteiger partial charge in [-0.2, -0.15) is 0 Å². The van der Waals surface area contributed by atoms with Gasteiger partial charge < -0.3 is 19.3 Å². The van der Waals surface area contributed by atoms with Crippen molar-refractivity contribution in [2.24, 2.45) is 34.5 Å². The van der Waals surface area contributed by atoms with Crippen LogP contribution in [0, 0.1) is 34.5 Å². The van der Waals surface area contributed by atoms with E-state index < -0.39 is 5.60 Å². The van der Waals surface area contributed by atoms with Crippen LogP contribution in [0.15, 0.2) is 47.6 Å². The van der Waals surface area contributed by atoms with Crippen molar-refractivity contribution in [1.82, 2.24) is 0 Å². The molecule has 0 aromatic heterocycles. The molecule has 4 rings (SSSR count). The highest BCUT2D eigenvalue weighted by atomic mass is 16.5. The molecule has 276 valence electrons. The van der Waals surface area contributed by atoms with Gasteiger partial charge in [-0.1, -0.05) is 83.1 Å². The molecule has 1 N–H and O–H groups in total. The van der Waals surface area contributed by atoms with E-state index in [-0.39, 0.29) is 40.9 Å². The van der Waals surface area contributed by atoms with Gasteiger partial charge in [0.25, 0.3) is 0 Å². The van der Waals surface area contributed by atoms with Crippen LogP contribution in [0.1, 0.15) is 139 Å². The van der Waals surface area contributed by atoms with Crippen molar-refractivity contribution in [3.05, 3.63) is 47.6 Å². The Hall–Kier alpha value is -2.67. The predicted octanol–water partition coefficient (Wildman–Crippen LogP) is 9.39. The normalized spacial score (nSPS) is 30.7. The fourth-order valence-electron chi connectivity index (χ4n) is 9.48. The van der Waals surface area contributed by atoms with Gasteiger partial charge in [0.1, 0.15) is 12.2 Å². The van der Waals surface area contributed by atoms with Crippen LogP contribution in [0.2, 0.25) is 0 Å².